The fraction of sp³-hybridized carbons (Fsp3) is 0.625. The molecule has 0 saturated carbocycles. The Morgan fingerprint density at radius 2 is 2.43 bits per heavy atom. The van der Waals surface area contributed by atoms with Crippen LogP contribution < -0.4 is 5.32 Å². The van der Waals surface area contributed by atoms with Gasteiger partial charge in [-0.1, -0.05) is 12.1 Å². The summed E-state index contributed by atoms with van der Waals surface area (Å²) in [4.78, 5) is 14.2. The van der Waals surface area contributed by atoms with Crippen LogP contribution in [0.3, 0.4) is 0 Å². The second kappa shape index (κ2) is 5.33. The molecule has 78 valence electrons. The van der Waals surface area contributed by atoms with Crippen molar-refractivity contribution in [1.82, 2.24) is 15.5 Å². The lowest BCUT2D eigenvalue weighted by molar-refractivity contribution is -0.136. The van der Waals surface area contributed by atoms with E-state index in [2.05, 4.69) is 15.5 Å². The van der Waals surface area contributed by atoms with Crippen molar-refractivity contribution in [3.8, 4) is 0 Å². The molecule has 6 heteroatoms. The van der Waals surface area contributed by atoms with Crippen LogP contribution in [-0.2, 0) is 17.8 Å². The highest BCUT2D eigenvalue weighted by molar-refractivity contribution is 5.66. The number of nitrogens with one attached hydrogen (secondary N) is 1. The van der Waals surface area contributed by atoms with E-state index in [4.69, 9.17) is 9.63 Å². The molecule has 1 heterocycles. The topological polar surface area (TPSA) is 88.2 Å². The van der Waals surface area contributed by atoms with E-state index in [1.54, 1.807) is 0 Å². The fourth-order valence-corrected chi connectivity index (χ4v) is 0.896. The highest BCUT2D eigenvalue weighted by Gasteiger charge is 2.03. The number of carboxylic acids is 1. The van der Waals surface area contributed by atoms with E-state index in [0.29, 0.717) is 24.8 Å². The third-order valence-electron chi connectivity index (χ3n) is 1.62. The third-order valence-corrected chi connectivity index (χ3v) is 1.62. The zero-order valence-electron chi connectivity index (χ0n) is 7.99. The molecular weight excluding hydrogens is 186 g/mol. The van der Waals surface area contributed by atoms with E-state index >= 15 is 0 Å². The smallest absolute Gasteiger partial charge is 0.304 e. The highest BCUT2D eigenvalue weighted by Crippen LogP contribution is 1.96. The second-order valence-corrected chi connectivity index (χ2v) is 2.78. The van der Waals surface area contributed by atoms with Gasteiger partial charge in [0, 0.05) is 13.0 Å². The van der Waals surface area contributed by atoms with Gasteiger partial charge in [-0.05, 0) is 0 Å². The first-order valence-corrected chi connectivity index (χ1v) is 4.46. The van der Waals surface area contributed by atoms with Gasteiger partial charge in [0.1, 0.15) is 0 Å². The maximum atomic E-state index is 10.2. The number of hydrogen-bond acceptors (Lipinski definition) is 5. The van der Waals surface area contributed by atoms with Crippen LogP contribution in [-0.4, -0.2) is 27.8 Å². The van der Waals surface area contributed by atoms with Crippen molar-refractivity contribution in [1.29, 1.82) is 0 Å². The van der Waals surface area contributed by atoms with E-state index in [1.807, 2.05) is 6.92 Å². The summed E-state index contributed by atoms with van der Waals surface area (Å²) in [6.07, 6.45) is 0.827. The average molecular weight is 199 g/mol. The van der Waals surface area contributed by atoms with Crippen LogP contribution in [0.5, 0.6) is 0 Å². The highest BCUT2D eigenvalue weighted by atomic mass is 16.5. The Labute approximate surface area is 81.3 Å². The van der Waals surface area contributed by atoms with Crippen molar-refractivity contribution < 1.29 is 14.4 Å². The van der Waals surface area contributed by atoms with Crippen molar-refractivity contribution in [3.63, 3.8) is 0 Å². The number of aromatic nitrogens is 2. The zero-order valence-corrected chi connectivity index (χ0v) is 7.99. The maximum absolute atomic E-state index is 10.2. The predicted molar refractivity (Wildman–Crippen MR) is 47.6 cm³/mol. The molecule has 0 unspecified atom stereocenters. The largest absolute Gasteiger partial charge is 0.481 e. The van der Waals surface area contributed by atoms with Gasteiger partial charge in [0.2, 0.25) is 5.89 Å². The molecule has 0 amide bonds. The Hall–Kier alpha value is -1.43. The summed E-state index contributed by atoms with van der Waals surface area (Å²) in [6.45, 7) is 2.76. The SMILES string of the molecule is CCc1noc(CNCCC(=O)O)n1. The Kier molecular flexibility index (Phi) is 4.06. The normalized spacial score (nSPS) is 10.4. The lowest BCUT2D eigenvalue weighted by atomic mass is 10.4. The van der Waals surface area contributed by atoms with Crippen LogP contribution in [0.25, 0.3) is 0 Å². The van der Waals surface area contributed by atoms with E-state index in [-0.39, 0.29) is 6.42 Å². The van der Waals surface area contributed by atoms with E-state index < -0.39 is 5.97 Å². The van der Waals surface area contributed by atoms with Gasteiger partial charge in [0.15, 0.2) is 5.82 Å². The molecule has 14 heavy (non-hydrogen) atoms. The molecule has 0 aliphatic heterocycles. The number of rotatable bonds is 6. The van der Waals surface area contributed by atoms with Crippen molar-refractivity contribution in [2.24, 2.45) is 0 Å². The number of hydrogen-bond donors (Lipinski definition) is 2. The summed E-state index contributed by atoms with van der Waals surface area (Å²) < 4.78 is 4.89. The number of nitrogens with zero attached hydrogens (tertiary/aromatic N) is 2. The molecule has 0 atom stereocenters. The van der Waals surface area contributed by atoms with Crippen LogP contribution in [0.2, 0.25) is 0 Å². The van der Waals surface area contributed by atoms with Crippen molar-refractivity contribution >= 4 is 5.97 Å². The average Bonchev–Trinajstić information content (AvgIpc) is 2.60. The number of aliphatic carboxylic acids is 1. The van der Waals surface area contributed by atoms with E-state index in [1.165, 1.54) is 0 Å². The first kappa shape index (κ1) is 10.6. The number of carbonyl (C=O) groups is 1. The van der Waals surface area contributed by atoms with Crippen molar-refractivity contribution in [2.45, 2.75) is 26.3 Å². The molecule has 1 aromatic rings. The Balaban J connectivity index is 2.21. The standard InChI is InChI=1S/C8H13N3O3/c1-2-6-10-7(14-11-6)5-9-4-3-8(12)13/h9H,2-5H2,1H3,(H,12,13). The van der Waals surface area contributed by atoms with Crippen LogP contribution in [0.1, 0.15) is 25.1 Å². The minimum atomic E-state index is -0.822. The summed E-state index contributed by atoms with van der Waals surface area (Å²) in [5, 5.41) is 15.0. The Bertz CT molecular complexity index is 298. The molecule has 1 aromatic heterocycles. The lowest BCUT2D eigenvalue weighted by Crippen LogP contribution is -2.17. The minimum Gasteiger partial charge on any atom is -0.481 e. The van der Waals surface area contributed by atoms with Crippen LogP contribution in [0.4, 0.5) is 0 Å². The van der Waals surface area contributed by atoms with E-state index in [9.17, 15) is 4.79 Å². The molecule has 0 bridgehead atoms. The summed E-state index contributed by atoms with van der Waals surface area (Å²) in [5.41, 5.74) is 0. The monoisotopic (exact) mass is 199 g/mol. The maximum Gasteiger partial charge on any atom is 0.304 e. The van der Waals surface area contributed by atoms with Gasteiger partial charge in [0.05, 0.1) is 13.0 Å². The van der Waals surface area contributed by atoms with E-state index in [0.717, 1.165) is 6.42 Å². The quantitative estimate of drug-likeness (QED) is 0.636. The van der Waals surface area contributed by atoms with Crippen LogP contribution in [0, 0.1) is 0 Å². The van der Waals surface area contributed by atoms with Gasteiger partial charge in [-0.3, -0.25) is 4.79 Å². The molecule has 2 N–H and O–H groups in total. The number of aryl methyl sites for hydroxylation is 1. The van der Waals surface area contributed by atoms with Crippen molar-refractivity contribution in [3.05, 3.63) is 11.7 Å². The van der Waals surface area contributed by atoms with Gasteiger partial charge in [-0.15, -0.1) is 0 Å². The summed E-state index contributed by atoms with van der Waals surface area (Å²) in [7, 11) is 0. The summed E-state index contributed by atoms with van der Waals surface area (Å²) in [5.74, 6) is 0.338. The molecule has 0 spiro atoms. The molecule has 0 saturated heterocycles. The number of carboxylic acid groups (broad SMARTS) is 1. The van der Waals surface area contributed by atoms with Gasteiger partial charge in [-0.2, -0.15) is 4.98 Å². The molecule has 0 aliphatic rings. The molecule has 1 rings (SSSR count). The fourth-order valence-electron chi connectivity index (χ4n) is 0.896. The second-order valence-electron chi connectivity index (χ2n) is 2.78. The predicted octanol–water partition coefficient (Wildman–Crippen LogP) is 0.196. The summed E-state index contributed by atoms with van der Waals surface area (Å²) >= 11 is 0. The van der Waals surface area contributed by atoms with Gasteiger partial charge < -0.3 is 14.9 Å². The first-order valence-electron chi connectivity index (χ1n) is 4.46. The molecule has 0 aliphatic carbocycles. The first-order chi connectivity index (χ1) is 6.72. The zero-order chi connectivity index (χ0) is 10.4. The lowest BCUT2D eigenvalue weighted by Gasteiger charge is -1.96. The van der Waals surface area contributed by atoms with Crippen molar-refractivity contribution in [2.75, 3.05) is 6.54 Å². The molecule has 0 radical (unpaired) electrons. The summed E-state index contributed by atoms with van der Waals surface area (Å²) in [6, 6.07) is 0. The Morgan fingerprint density at radius 3 is 3.00 bits per heavy atom. The van der Waals surface area contributed by atoms with Gasteiger partial charge >= 0.3 is 5.97 Å². The third kappa shape index (κ3) is 3.53. The molecule has 0 aromatic carbocycles. The van der Waals surface area contributed by atoms with Gasteiger partial charge in [0.25, 0.3) is 0 Å². The minimum absolute atomic E-state index is 0.0920. The molecule has 0 fully saturated rings. The van der Waals surface area contributed by atoms with Crippen LogP contribution in [0.15, 0.2) is 4.52 Å². The Morgan fingerprint density at radius 1 is 1.64 bits per heavy atom. The molecular formula is C8H13N3O3. The van der Waals surface area contributed by atoms with Gasteiger partial charge in [-0.25, -0.2) is 0 Å². The molecule has 6 nitrogen and oxygen atoms in total. The van der Waals surface area contributed by atoms with Crippen LogP contribution >= 0.6 is 0 Å².